The second-order valence-corrected chi connectivity index (χ2v) is 8.72. The molecule has 1 fully saturated rings. The zero-order chi connectivity index (χ0) is 22.4. The number of carbonyl (C=O) groups excluding carboxylic acids is 1. The highest BCUT2D eigenvalue weighted by Gasteiger charge is 2.25. The summed E-state index contributed by atoms with van der Waals surface area (Å²) in [5.41, 5.74) is 7.40. The first-order valence-electron chi connectivity index (χ1n) is 11.0. The summed E-state index contributed by atoms with van der Waals surface area (Å²) in [6, 6.07) is 1.99. The first-order valence-corrected chi connectivity index (χ1v) is 11.0. The van der Waals surface area contributed by atoms with Crippen molar-refractivity contribution >= 4 is 17.0 Å². The van der Waals surface area contributed by atoms with Gasteiger partial charge in [0.25, 0.3) is 5.91 Å². The lowest BCUT2D eigenvalue weighted by Crippen LogP contribution is -2.44. The van der Waals surface area contributed by atoms with Crippen LogP contribution in [0.5, 0.6) is 0 Å². The standard InChI is InChI=1S/C25H28N6O/c1-17-12-21(29-10-8-28(4)9-11-29)16-30-23(17)7-5-6-20(13-25(30)32)22-14-24-19(3)26-18(2)15-31(24)27-22/h5-7,12-16H,8-11H2,1-4H3/b6-5+,20-13+,23-7+. The van der Waals surface area contributed by atoms with Crippen molar-refractivity contribution in [2.24, 2.45) is 0 Å². The number of amides is 1. The maximum absolute atomic E-state index is 13.4. The summed E-state index contributed by atoms with van der Waals surface area (Å²) < 4.78 is 1.84. The fourth-order valence-corrected chi connectivity index (χ4v) is 4.44. The topological polar surface area (TPSA) is 57.0 Å². The van der Waals surface area contributed by atoms with E-state index in [4.69, 9.17) is 5.10 Å². The number of aryl methyl sites for hydroxylation is 2. The summed E-state index contributed by atoms with van der Waals surface area (Å²) in [6.45, 7) is 9.96. The van der Waals surface area contributed by atoms with E-state index in [9.17, 15) is 4.79 Å². The maximum atomic E-state index is 13.4. The van der Waals surface area contributed by atoms with Crippen LogP contribution < -0.4 is 0 Å². The molecule has 1 saturated heterocycles. The summed E-state index contributed by atoms with van der Waals surface area (Å²) in [6.07, 6.45) is 13.7. The van der Waals surface area contributed by atoms with E-state index < -0.39 is 0 Å². The van der Waals surface area contributed by atoms with Gasteiger partial charge in [0.15, 0.2) is 0 Å². The van der Waals surface area contributed by atoms with Crippen LogP contribution in [0.2, 0.25) is 0 Å². The normalized spacial score (nSPS) is 24.1. The van der Waals surface area contributed by atoms with E-state index in [0.29, 0.717) is 0 Å². The van der Waals surface area contributed by atoms with Gasteiger partial charge in [0.05, 0.1) is 40.2 Å². The molecule has 2 aromatic rings. The second kappa shape index (κ2) is 7.91. The smallest absolute Gasteiger partial charge is 0.255 e. The summed E-state index contributed by atoms with van der Waals surface area (Å²) in [5, 5.41) is 4.71. The Hall–Kier alpha value is -3.45. The number of hydrogen-bond acceptors (Lipinski definition) is 5. The molecule has 7 nitrogen and oxygen atoms in total. The van der Waals surface area contributed by atoms with E-state index in [1.54, 1.807) is 11.0 Å². The molecule has 5 rings (SSSR count). The molecule has 0 N–H and O–H groups in total. The van der Waals surface area contributed by atoms with Gasteiger partial charge in [-0.2, -0.15) is 5.10 Å². The number of carbonyl (C=O) groups is 1. The minimum absolute atomic E-state index is 0.0715. The Morgan fingerprint density at radius 2 is 1.81 bits per heavy atom. The van der Waals surface area contributed by atoms with Crippen LogP contribution in [0.15, 0.2) is 65.8 Å². The van der Waals surface area contributed by atoms with Crippen molar-refractivity contribution in [3.05, 3.63) is 82.9 Å². The largest absolute Gasteiger partial charge is 0.368 e. The van der Waals surface area contributed by atoms with Gasteiger partial charge in [-0.1, -0.05) is 12.2 Å². The van der Waals surface area contributed by atoms with Crippen molar-refractivity contribution in [3.8, 4) is 0 Å². The molecule has 164 valence electrons. The highest BCUT2D eigenvalue weighted by Crippen LogP contribution is 2.29. The quantitative estimate of drug-likeness (QED) is 0.736. The zero-order valence-electron chi connectivity index (χ0n) is 19.0. The van der Waals surface area contributed by atoms with E-state index in [1.807, 2.05) is 55.1 Å². The predicted octanol–water partition coefficient (Wildman–Crippen LogP) is 3.06. The number of rotatable bonds is 2. The number of likely N-dealkylation sites (N-methyl/N-ethyl adjacent to an activating group) is 1. The molecular weight excluding hydrogens is 400 g/mol. The van der Waals surface area contributed by atoms with Gasteiger partial charge >= 0.3 is 0 Å². The van der Waals surface area contributed by atoms with Crippen molar-refractivity contribution in [1.82, 2.24) is 29.3 Å². The van der Waals surface area contributed by atoms with Crippen molar-refractivity contribution in [2.75, 3.05) is 33.2 Å². The summed E-state index contributed by atoms with van der Waals surface area (Å²) >= 11 is 0. The maximum Gasteiger partial charge on any atom is 0.255 e. The average molecular weight is 429 g/mol. The third kappa shape index (κ3) is 3.69. The fraction of sp³-hybridized carbons (Fsp3) is 0.320. The first kappa shape index (κ1) is 20.5. The molecular formula is C25H28N6O. The van der Waals surface area contributed by atoms with E-state index >= 15 is 0 Å². The Balaban J connectivity index is 1.51. The molecule has 3 aliphatic heterocycles. The third-order valence-electron chi connectivity index (χ3n) is 6.26. The molecule has 0 aliphatic carbocycles. The molecule has 3 aliphatic rings. The summed E-state index contributed by atoms with van der Waals surface area (Å²) in [4.78, 5) is 24.3. The Kier molecular flexibility index (Phi) is 5.06. The van der Waals surface area contributed by atoms with Crippen LogP contribution in [0.4, 0.5) is 0 Å². The number of fused-ring (bicyclic) bond motifs is 2. The molecule has 5 heterocycles. The number of nitrogens with zero attached hydrogens (tertiary/aromatic N) is 6. The van der Waals surface area contributed by atoms with Crippen molar-refractivity contribution < 1.29 is 4.79 Å². The first-order chi connectivity index (χ1) is 15.4. The van der Waals surface area contributed by atoms with E-state index in [2.05, 4.69) is 34.8 Å². The van der Waals surface area contributed by atoms with E-state index in [0.717, 1.165) is 71.3 Å². The molecule has 0 spiro atoms. The number of allylic oxidation sites excluding steroid dienone is 6. The summed E-state index contributed by atoms with van der Waals surface area (Å²) in [7, 11) is 2.15. The Bertz CT molecular complexity index is 1250. The highest BCUT2D eigenvalue weighted by molar-refractivity contribution is 5.99. The van der Waals surface area contributed by atoms with Crippen LogP contribution in [0, 0.1) is 13.8 Å². The minimum atomic E-state index is -0.0715. The number of piperazine rings is 1. The predicted molar refractivity (Wildman–Crippen MR) is 125 cm³/mol. The van der Waals surface area contributed by atoms with Crippen LogP contribution in [0.25, 0.3) is 11.1 Å². The fourth-order valence-electron chi connectivity index (χ4n) is 4.44. The van der Waals surface area contributed by atoms with Crippen LogP contribution in [0.3, 0.4) is 0 Å². The lowest BCUT2D eigenvalue weighted by atomic mass is 10.0. The molecule has 7 heteroatoms. The molecule has 1 amide bonds. The Labute approximate surface area is 188 Å². The minimum Gasteiger partial charge on any atom is -0.368 e. The van der Waals surface area contributed by atoms with Gasteiger partial charge in [-0.3, -0.25) is 14.7 Å². The van der Waals surface area contributed by atoms with Gasteiger partial charge < -0.3 is 9.80 Å². The van der Waals surface area contributed by atoms with E-state index in [1.165, 1.54) is 0 Å². The van der Waals surface area contributed by atoms with Crippen LogP contribution in [0.1, 0.15) is 24.0 Å². The SMILES string of the molecule is CC1=CC(N2CCN(C)CC2)=CN2C(=O)\C=C(c3cc4c(C)nc(C)cn4n3)/C=C/C=C\12. The van der Waals surface area contributed by atoms with Gasteiger partial charge in [-0.25, -0.2) is 4.52 Å². The lowest BCUT2D eigenvalue weighted by molar-refractivity contribution is -0.122. The second-order valence-electron chi connectivity index (χ2n) is 8.72. The molecule has 0 unspecified atom stereocenters. The van der Waals surface area contributed by atoms with Crippen molar-refractivity contribution in [3.63, 3.8) is 0 Å². The molecule has 0 atom stereocenters. The third-order valence-corrected chi connectivity index (χ3v) is 6.26. The van der Waals surface area contributed by atoms with Crippen LogP contribution >= 0.6 is 0 Å². The average Bonchev–Trinajstić information content (AvgIpc) is 3.17. The highest BCUT2D eigenvalue weighted by atomic mass is 16.2. The lowest BCUT2D eigenvalue weighted by Gasteiger charge is -2.37. The van der Waals surface area contributed by atoms with E-state index in [-0.39, 0.29) is 5.91 Å². The molecule has 0 saturated carbocycles. The van der Waals surface area contributed by atoms with Crippen LogP contribution in [-0.2, 0) is 4.79 Å². The number of hydrogen-bond donors (Lipinski definition) is 0. The molecule has 0 radical (unpaired) electrons. The van der Waals surface area contributed by atoms with Gasteiger partial charge in [-0.15, -0.1) is 0 Å². The monoisotopic (exact) mass is 428 g/mol. The van der Waals surface area contributed by atoms with Gasteiger partial charge in [0.2, 0.25) is 0 Å². The van der Waals surface area contributed by atoms with Gasteiger partial charge in [0, 0.05) is 44.0 Å². The molecule has 0 bridgehead atoms. The molecule has 32 heavy (non-hydrogen) atoms. The van der Waals surface area contributed by atoms with Crippen molar-refractivity contribution in [1.29, 1.82) is 0 Å². The van der Waals surface area contributed by atoms with Gasteiger partial charge in [0.1, 0.15) is 0 Å². The Morgan fingerprint density at radius 3 is 2.59 bits per heavy atom. The Morgan fingerprint density at radius 1 is 1.03 bits per heavy atom. The number of aromatic nitrogens is 3. The molecule has 0 aromatic carbocycles. The van der Waals surface area contributed by atoms with Crippen molar-refractivity contribution in [2.45, 2.75) is 20.8 Å². The van der Waals surface area contributed by atoms with Gasteiger partial charge in [-0.05, 0) is 51.6 Å². The zero-order valence-corrected chi connectivity index (χ0v) is 19.0. The molecule has 2 aromatic heterocycles. The van der Waals surface area contributed by atoms with Crippen LogP contribution in [-0.4, -0.2) is 68.4 Å². The summed E-state index contributed by atoms with van der Waals surface area (Å²) in [5.74, 6) is -0.0715.